The Bertz CT molecular complexity index is 1530. The summed E-state index contributed by atoms with van der Waals surface area (Å²) < 4.78 is 43.5. The van der Waals surface area contributed by atoms with Gasteiger partial charge in [0.25, 0.3) is 0 Å². The Morgan fingerprint density at radius 2 is 1.21 bits per heavy atom. The molecule has 2 N–H and O–H groups in total. The maximum Gasteiger partial charge on any atom is 0.307 e. The fourth-order valence-electron chi connectivity index (χ4n) is 4.51. The lowest BCUT2D eigenvalue weighted by Gasteiger charge is -2.15. The van der Waals surface area contributed by atoms with E-state index >= 15 is 0 Å². The quantitative estimate of drug-likeness (QED) is 0.226. The lowest BCUT2D eigenvalue weighted by Crippen LogP contribution is -2.27. The molecular weight excluding hydrogens is 689 g/mol. The van der Waals surface area contributed by atoms with Crippen molar-refractivity contribution in [2.45, 2.75) is 39.0 Å². The van der Waals surface area contributed by atoms with Gasteiger partial charge in [0.1, 0.15) is 11.6 Å². The lowest BCUT2D eigenvalue weighted by molar-refractivity contribution is -0.136. The Hall–Kier alpha value is -3.47. The molecule has 2 heterocycles. The Labute approximate surface area is 267 Å². The summed E-state index contributed by atoms with van der Waals surface area (Å²) in [6.07, 6.45) is -0.174. The van der Waals surface area contributed by atoms with Gasteiger partial charge in [0.2, 0.25) is 5.91 Å². The van der Waals surface area contributed by atoms with Crippen molar-refractivity contribution in [3.05, 3.63) is 139 Å². The van der Waals surface area contributed by atoms with E-state index in [1.165, 1.54) is 40.5 Å². The van der Waals surface area contributed by atoms with Gasteiger partial charge >= 0.3 is 5.97 Å². The number of nitrogens with one attached hydrogen (secondary N) is 1. The number of benzene rings is 4. The maximum absolute atomic E-state index is 13.8. The number of hydrogen-bond acceptors (Lipinski definition) is 3. The average molecular weight is 721 g/mol. The molecule has 2 aliphatic heterocycles. The third kappa shape index (κ3) is 10.3. The predicted octanol–water partition coefficient (Wildman–Crippen LogP) is 7.76. The van der Waals surface area contributed by atoms with Crippen LogP contribution in [0.4, 0.5) is 13.2 Å². The van der Waals surface area contributed by atoms with Gasteiger partial charge in [0.05, 0.1) is 21.4 Å². The van der Waals surface area contributed by atoms with Crippen LogP contribution in [-0.2, 0) is 48.6 Å². The van der Waals surface area contributed by atoms with E-state index in [0.29, 0.717) is 27.6 Å². The van der Waals surface area contributed by atoms with Gasteiger partial charge < -0.3 is 15.3 Å². The zero-order chi connectivity index (χ0) is 32.1. The summed E-state index contributed by atoms with van der Waals surface area (Å²) in [6, 6.07) is 25.6. The molecule has 10 heteroatoms. The van der Waals surface area contributed by atoms with Crippen LogP contribution in [0.2, 0.25) is 0 Å². The first-order valence-corrected chi connectivity index (χ1v) is 14.8. The molecule has 6 rings (SSSR count). The van der Waals surface area contributed by atoms with Crippen molar-refractivity contribution in [2.75, 3.05) is 7.15 Å². The summed E-state index contributed by atoms with van der Waals surface area (Å²) >= 11 is 6.29. The van der Waals surface area contributed by atoms with E-state index in [4.69, 9.17) is 6.48 Å². The topological polar surface area (TPSA) is 69.6 Å². The van der Waals surface area contributed by atoms with Crippen molar-refractivity contribution in [1.29, 1.82) is 0 Å². The number of alkyl halides is 1. The van der Waals surface area contributed by atoms with Crippen molar-refractivity contribution in [3.63, 3.8) is 0 Å². The number of halogens is 5. The molecule has 4 aromatic carbocycles. The molecule has 4 aromatic rings. The molecule has 0 bridgehead atoms. The van der Waals surface area contributed by atoms with Crippen LogP contribution >= 0.6 is 31.9 Å². The van der Waals surface area contributed by atoms with Crippen LogP contribution in [0.25, 0.3) is 0 Å². The van der Waals surface area contributed by atoms with Gasteiger partial charge in [-0.15, -0.1) is 0 Å². The minimum absolute atomic E-state index is 0.0394. The first kappa shape index (κ1) is 32.4. The van der Waals surface area contributed by atoms with Crippen molar-refractivity contribution in [3.8, 4) is 0 Å². The summed E-state index contributed by atoms with van der Waals surface area (Å²) in [7, 11) is -1.00. The van der Waals surface area contributed by atoms with E-state index in [0.717, 1.165) is 13.1 Å². The molecule has 0 saturated carbocycles. The van der Waals surface area contributed by atoms with E-state index in [9.17, 15) is 22.8 Å². The number of rotatable bonds is 4. The smallest absolute Gasteiger partial charge is 0.307 e. The fraction of sp³-hybridized carbons (Fsp3) is 0.212. The Morgan fingerprint density at radius 3 is 1.63 bits per heavy atom. The van der Waals surface area contributed by atoms with Gasteiger partial charge in [-0.1, -0.05) is 92.5 Å². The maximum atomic E-state index is 13.8. The van der Waals surface area contributed by atoms with E-state index in [1.807, 2.05) is 24.3 Å². The van der Waals surface area contributed by atoms with Crippen LogP contribution in [-0.4, -0.2) is 29.0 Å². The van der Waals surface area contributed by atoms with Crippen molar-refractivity contribution in [2.24, 2.45) is 0 Å². The SMILES string of the molecule is O=C(Cc1ccc(Br)cc1F)N1Cc2ccccc2C1.O=C(O)Cc1ccc(Br)cc1F.[2H]CF.c1ccc2c(c1)CNC2. The molecule has 2 aliphatic rings. The Morgan fingerprint density at radius 1 is 0.791 bits per heavy atom. The Balaban J connectivity index is 0.000000187. The van der Waals surface area contributed by atoms with Gasteiger partial charge in [0, 0.05) is 35.1 Å². The number of carbonyl (C=O) groups excluding carboxylic acids is 1. The van der Waals surface area contributed by atoms with Crippen LogP contribution in [0.5, 0.6) is 0 Å². The first-order chi connectivity index (χ1) is 21.1. The highest BCUT2D eigenvalue weighted by Crippen LogP contribution is 2.24. The summed E-state index contributed by atoms with van der Waals surface area (Å²) in [5, 5.41) is 11.7. The molecule has 1 amide bonds. The lowest BCUT2D eigenvalue weighted by atomic mass is 10.1. The fourth-order valence-corrected chi connectivity index (χ4v) is 5.18. The molecule has 5 nitrogen and oxygen atoms in total. The second-order valence-electron chi connectivity index (χ2n) is 9.61. The summed E-state index contributed by atoms with van der Waals surface area (Å²) in [5.74, 6) is -1.91. The minimum Gasteiger partial charge on any atom is -0.481 e. The number of carboxylic acid groups (broad SMARTS) is 1. The first-order valence-electron chi connectivity index (χ1n) is 13.9. The number of aliphatic carboxylic acids is 1. The number of hydrogen-bond donors (Lipinski definition) is 2. The van der Waals surface area contributed by atoms with E-state index in [1.54, 1.807) is 23.1 Å². The molecule has 0 radical (unpaired) electrons. The van der Waals surface area contributed by atoms with Gasteiger partial charge in [-0.3, -0.25) is 14.0 Å². The highest BCUT2D eigenvalue weighted by atomic mass is 79.9. The zero-order valence-electron chi connectivity index (χ0n) is 24.1. The highest BCUT2D eigenvalue weighted by molar-refractivity contribution is 9.10. The molecule has 226 valence electrons. The van der Waals surface area contributed by atoms with Crippen molar-refractivity contribution < 1.29 is 29.2 Å². The Kier molecular flexibility index (Phi) is 12.8. The standard InChI is InChI=1S/C16H13BrFNO.C8H6BrFO2.C8H9N.CH3F/c17-14-6-5-11(15(18)8-14)7-16(20)19-9-12-3-1-2-4-13(12)10-19;9-6-2-1-5(3-8(11)12)7(10)4-6;1-2-4-8-6-9-5-7(8)3-1;1-2/h1-6,8H,7,9-10H2;1-2,4H,3H2,(H,11,12);1-4,9H,5-6H2;1H3/i;;;1D. The highest BCUT2D eigenvalue weighted by Gasteiger charge is 2.23. The number of carboxylic acids is 1. The van der Waals surface area contributed by atoms with Crippen LogP contribution in [0, 0.1) is 11.6 Å². The van der Waals surface area contributed by atoms with E-state index in [-0.39, 0.29) is 30.1 Å². The third-order valence-corrected chi connectivity index (χ3v) is 7.64. The van der Waals surface area contributed by atoms with Crippen molar-refractivity contribution in [1.82, 2.24) is 10.2 Å². The predicted molar refractivity (Wildman–Crippen MR) is 168 cm³/mol. The summed E-state index contributed by atoms with van der Waals surface area (Å²) in [6.45, 7) is 3.34. The number of fused-ring (bicyclic) bond motifs is 2. The minimum atomic E-state index is -1.03. The largest absolute Gasteiger partial charge is 0.481 e. The molecule has 0 aliphatic carbocycles. The van der Waals surface area contributed by atoms with Gasteiger partial charge in [-0.2, -0.15) is 0 Å². The zero-order valence-corrected chi connectivity index (χ0v) is 26.3. The van der Waals surface area contributed by atoms with E-state index in [2.05, 4.69) is 61.4 Å². The van der Waals surface area contributed by atoms with Crippen LogP contribution < -0.4 is 5.32 Å². The molecule has 43 heavy (non-hydrogen) atoms. The van der Waals surface area contributed by atoms with Crippen LogP contribution in [0.15, 0.2) is 93.9 Å². The number of nitrogens with zero attached hydrogens (tertiary/aromatic N) is 1. The molecule has 0 fully saturated rings. The van der Waals surface area contributed by atoms with Crippen molar-refractivity contribution >= 4 is 43.7 Å². The second-order valence-corrected chi connectivity index (χ2v) is 11.4. The van der Waals surface area contributed by atoms with Gasteiger partial charge in [-0.25, -0.2) is 8.78 Å². The van der Waals surface area contributed by atoms with Gasteiger partial charge in [0.15, 0.2) is 0 Å². The third-order valence-electron chi connectivity index (χ3n) is 6.66. The molecule has 0 aromatic heterocycles. The summed E-state index contributed by atoms with van der Waals surface area (Å²) in [4.78, 5) is 24.3. The molecule has 0 saturated heterocycles. The number of carbonyl (C=O) groups is 2. The molecule has 0 atom stereocenters. The summed E-state index contributed by atoms with van der Waals surface area (Å²) in [5.41, 5.74) is 5.91. The van der Waals surface area contributed by atoms with E-state index < -0.39 is 18.9 Å². The molecule has 0 unspecified atom stereocenters. The van der Waals surface area contributed by atoms with Gasteiger partial charge in [-0.05, 0) is 57.6 Å². The second kappa shape index (κ2) is 17.0. The molecule has 0 spiro atoms. The number of amides is 1. The normalized spacial score (nSPS) is 12.7. The van der Waals surface area contributed by atoms with Crippen LogP contribution in [0.1, 0.15) is 34.8 Å². The molecular formula is C33H31Br2F3N2O3. The monoisotopic (exact) mass is 719 g/mol. The van der Waals surface area contributed by atoms with Crippen LogP contribution in [0.3, 0.4) is 0 Å². The average Bonchev–Trinajstić information content (AvgIpc) is 3.65.